The molecule has 0 unspecified atom stereocenters. The number of hydrogen-bond acceptors (Lipinski definition) is 2. The molecule has 1 aromatic rings. The number of benzene rings is 1. The zero-order valence-corrected chi connectivity index (χ0v) is 10.9. The molecule has 1 saturated heterocycles. The Morgan fingerprint density at radius 2 is 2.41 bits per heavy atom. The quantitative estimate of drug-likeness (QED) is 0.896. The lowest BCUT2D eigenvalue weighted by Gasteiger charge is -2.11. The molecule has 17 heavy (non-hydrogen) atoms. The number of nitrogens with one attached hydrogen (secondary N) is 2. The third-order valence-corrected chi connectivity index (χ3v) is 3.33. The van der Waals surface area contributed by atoms with E-state index in [-0.39, 0.29) is 24.3 Å². The monoisotopic (exact) mass is 300 g/mol. The van der Waals surface area contributed by atoms with Gasteiger partial charge in [-0.2, -0.15) is 0 Å². The highest BCUT2D eigenvalue weighted by molar-refractivity contribution is 9.10. The van der Waals surface area contributed by atoms with Crippen molar-refractivity contribution in [2.45, 2.75) is 25.4 Å². The van der Waals surface area contributed by atoms with Crippen molar-refractivity contribution in [1.29, 1.82) is 0 Å². The summed E-state index contributed by atoms with van der Waals surface area (Å²) in [6, 6.07) is 4.58. The van der Waals surface area contributed by atoms with E-state index in [4.69, 9.17) is 0 Å². The molecule has 1 aliphatic rings. The molecule has 92 valence electrons. The normalized spacial score (nSPS) is 19.3. The van der Waals surface area contributed by atoms with Crippen LogP contribution in [0.5, 0.6) is 0 Å². The molecule has 1 aliphatic heterocycles. The Balaban J connectivity index is 1.92. The highest BCUT2D eigenvalue weighted by atomic mass is 79.9. The van der Waals surface area contributed by atoms with Gasteiger partial charge in [-0.05, 0) is 37.6 Å². The van der Waals surface area contributed by atoms with Crippen molar-refractivity contribution in [2.24, 2.45) is 0 Å². The number of carbonyl (C=O) groups excluding carboxylic acids is 1. The molecular formula is C12H14BrFN2O. The Bertz CT molecular complexity index is 419. The molecule has 1 fully saturated rings. The van der Waals surface area contributed by atoms with Crippen LogP contribution in [0.3, 0.4) is 0 Å². The van der Waals surface area contributed by atoms with Gasteiger partial charge in [0.1, 0.15) is 5.82 Å². The van der Waals surface area contributed by atoms with Gasteiger partial charge in [0.25, 0.3) is 0 Å². The van der Waals surface area contributed by atoms with E-state index in [1.54, 1.807) is 12.1 Å². The zero-order chi connectivity index (χ0) is 12.3. The molecule has 2 N–H and O–H groups in total. The number of amides is 1. The summed E-state index contributed by atoms with van der Waals surface area (Å²) < 4.78 is 14.2. The number of halogens is 2. The lowest BCUT2D eigenvalue weighted by molar-refractivity contribution is -0.122. The highest BCUT2D eigenvalue weighted by Crippen LogP contribution is 2.15. The van der Waals surface area contributed by atoms with E-state index in [0.717, 1.165) is 23.9 Å². The van der Waals surface area contributed by atoms with E-state index in [0.29, 0.717) is 5.56 Å². The second kappa shape index (κ2) is 5.60. The molecule has 1 amide bonds. The predicted octanol–water partition coefficient (Wildman–Crippen LogP) is 1.96. The van der Waals surface area contributed by atoms with Gasteiger partial charge in [-0.25, -0.2) is 4.39 Å². The molecule has 0 aromatic heterocycles. The standard InChI is InChI=1S/C12H14BrFN2O/c13-9-3-4-10(14)8(6-9)7-16-12(17)11-2-1-5-15-11/h3-4,6,11,15H,1-2,5,7H2,(H,16,17)/t11-/m0/s1. The van der Waals surface area contributed by atoms with Crippen molar-refractivity contribution in [3.8, 4) is 0 Å². The minimum Gasteiger partial charge on any atom is -0.351 e. The minimum absolute atomic E-state index is 0.0538. The van der Waals surface area contributed by atoms with Gasteiger partial charge in [0.2, 0.25) is 5.91 Å². The summed E-state index contributed by atoms with van der Waals surface area (Å²) in [5.41, 5.74) is 0.491. The fourth-order valence-corrected chi connectivity index (χ4v) is 2.30. The van der Waals surface area contributed by atoms with E-state index in [1.165, 1.54) is 6.07 Å². The summed E-state index contributed by atoms with van der Waals surface area (Å²) in [6.45, 7) is 1.10. The smallest absolute Gasteiger partial charge is 0.237 e. The number of rotatable bonds is 3. The fraction of sp³-hybridized carbons (Fsp3) is 0.417. The van der Waals surface area contributed by atoms with Crippen molar-refractivity contribution < 1.29 is 9.18 Å². The SMILES string of the molecule is O=C(NCc1cc(Br)ccc1F)[C@@H]1CCCN1. The van der Waals surface area contributed by atoms with Crippen molar-refractivity contribution >= 4 is 21.8 Å². The van der Waals surface area contributed by atoms with Crippen LogP contribution in [0, 0.1) is 5.82 Å². The summed E-state index contributed by atoms with van der Waals surface area (Å²) in [5.74, 6) is -0.352. The Hall–Kier alpha value is -0.940. The Morgan fingerprint density at radius 1 is 1.59 bits per heavy atom. The van der Waals surface area contributed by atoms with Crippen LogP contribution in [-0.4, -0.2) is 18.5 Å². The van der Waals surface area contributed by atoms with Crippen LogP contribution in [0.25, 0.3) is 0 Å². The highest BCUT2D eigenvalue weighted by Gasteiger charge is 2.21. The Morgan fingerprint density at radius 3 is 3.12 bits per heavy atom. The molecule has 0 radical (unpaired) electrons. The van der Waals surface area contributed by atoms with Crippen LogP contribution in [0.4, 0.5) is 4.39 Å². The third kappa shape index (κ3) is 3.26. The number of carbonyl (C=O) groups is 1. The van der Waals surface area contributed by atoms with Crippen LogP contribution in [-0.2, 0) is 11.3 Å². The van der Waals surface area contributed by atoms with E-state index >= 15 is 0 Å². The molecular weight excluding hydrogens is 287 g/mol. The first-order valence-electron chi connectivity index (χ1n) is 5.62. The molecule has 0 aliphatic carbocycles. The Kier molecular flexibility index (Phi) is 4.12. The van der Waals surface area contributed by atoms with Gasteiger partial charge in [-0.1, -0.05) is 15.9 Å². The molecule has 5 heteroatoms. The molecule has 1 atom stereocenters. The average Bonchev–Trinajstić information content (AvgIpc) is 2.83. The van der Waals surface area contributed by atoms with Gasteiger partial charge in [-0.15, -0.1) is 0 Å². The topological polar surface area (TPSA) is 41.1 Å². The van der Waals surface area contributed by atoms with Crippen LogP contribution < -0.4 is 10.6 Å². The van der Waals surface area contributed by atoms with Crippen LogP contribution in [0.15, 0.2) is 22.7 Å². The van der Waals surface area contributed by atoms with Crippen molar-refractivity contribution in [1.82, 2.24) is 10.6 Å². The summed E-state index contributed by atoms with van der Waals surface area (Å²) in [5, 5.41) is 5.85. The summed E-state index contributed by atoms with van der Waals surface area (Å²) in [7, 11) is 0. The second-order valence-corrected chi connectivity index (χ2v) is 5.02. The third-order valence-electron chi connectivity index (χ3n) is 2.84. The number of hydrogen-bond donors (Lipinski definition) is 2. The first-order valence-corrected chi connectivity index (χ1v) is 6.41. The van der Waals surface area contributed by atoms with Crippen molar-refractivity contribution in [2.75, 3.05) is 6.54 Å². The average molecular weight is 301 g/mol. The second-order valence-electron chi connectivity index (χ2n) is 4.10. The van der Waals surface area contributed by atoms with Crippen LogP contribution in [0.2, 0.25) is 0 Å². The Labute approximate surface area is 108 Å². The molecule has 0 saturated carbocycles. The summed E-state index contributed by atoms with van der Waals surface area (Å²) in [6.07, 6.45) is 1.87. The lowest BCUT2D eigenvalue weighted by atomic mass is 10.2. The summed E-state index contributed by atoms with van der Waals surface area (Å²) in [4.78, 5) is 11.7. The first-order chi connectivity index (χ1) is 8.16. The van der Waals surface area contributed by atoms with E-state index in [1.807, 2.05) is 0 Å². The van der Waals surface area contributed by atoms with Crippen LogP contribution in [0.1, 0.15) is 18.4 Å². The van der Waals surface area contributed by atoms with Crippen molar-refractivity contribution in [3.63, 3.8) is 0 Å². The largest absolute Gasteiger partial charge is 0.351 e. The van der Waals surface area contributed by atoms with Gasteiger partial charge in [0, 0.05) is 16.6 Å². The first kappa shape index (κ1) is 12.5. The van der Waals surface area contributed by atoms with Gasteiger partial charge in [0.15, 0.2) is 0 Å². The van der Waals surface area contributed by atoms with Gasteiger partial charge in [0.05, 0.1) is 6.04 Å². The van der Waals surface area contributed by atoms with E-state index in [2.05, 4.69) is 26.6 Å². The molecule has 0 spiro atoms. The lowest BCUT2D eigenvalue weighted by Crippen LogP contribution is -2.40. The maximum absolute atomic E-state index is 13.4. The molecule has 3 nitrogen and oxygen atoms in total. The fourth-order valence-electron chi connectivity index (χ4n) is 1.89. The zero-order valence-electron chi connectivity index (χ0n) is 9.30. The van der Waals surface area contributed by atoms with E-state index in [9.17, 15) is 9.18 Å². The van der Waals surface area contributed by atoms with Gasteiger partial charge >= 0.3 is 0 Å². The van der Waals surface area contributed by atoms with Gasteiger partial charge < -0.3 is 10.6 Å². The molecule has 2 rings (SSSR count). The van der Waals surface area contributed by atoms with E-state index < -0.39 is 0 Å². The summed E-state index contributed by atoms with van der Waals surface area (Å²) >= 11 is 3.28. The molecule has 1 heterocycles. The molecule has 1 aromatic carbocycles. The van der Waals surface area contributed by atoms with Gasteiger partial charge in [-0.3, -0.25) is 4.79 Å². The minimum atomic E-state index is -0.298. The maximum atomic E-state index is 13.4. The van der Waals surface area contributed by atoms with Crippen LogP contribution >= 0.6 is 15.9 Å². The molecule has 0 bridgehead atoms. The van der Waals surface area contributed by atoms with Crippen molar-refractivity contribution in [3.05, 3.63) is 34.1 Å². The predicted molar refractivity (Wildman–Crippen MR) is 67.0 cm³/mol. The maximum Gasteiger partial charge on any atom is 0.237 e.